The number of hydrogen-bond donors (Lipinski definition) is 3. The molecule has 0 unspecified atom stereocenters. The molecule has 0 aliphatic carbocycles. The molecule has 19 heavy (non-hydrogen) atoms. The third kappa shape index (κ3) is 11.0. The number of hydrogen-bond acceptors (Lipinski definition) is 3. The summed E-state index contributed by atoms with van der Waals surface area (Å²) in [5.41, 5.74) is 1.71. The van der Waals surface area contributed by atoms with E-state index in [4.69, 9.17) is 10.8 Å². The maximum absolute atomic E-state index is 7.27. The van der Waals surface area contributed by atoms with Crippen molar-refractivity contribution in [3.05, 3.63) is 70.7 Å². The van der Waals surface area contributed by atoms with Crippen molar-refractivity contribution in [2.75, 3.05) is 0 Å². The average Bonchev–Trinajstić information content (AvgIpc) is 2.39. The summed E-state index contributed by atoms with van der Waals surface area (Å²) >= 11 is 4.15. The molecular weight excluding hydrogens is 252 g/mol. The van der Waals surface area contributed by atoms with E-state index in [1.165, 1.54) is 12.4 Å². The van der Waals surface area contributed by atoms with Crippen LogP contribution in [0.5, 0.6) is 0 Å². The summed E-state index contributed by atoms with van der Waals surface area (Å²) in [6.07, 6.45) is 19.4. The van der Waals surface area contributed by atoms with E-state index in [1.54, 1.807) is 0 Å². The predicted octanol–water partition coefficient (Wildman–Crippen LogP) is 4.66. The summed E-state index contributed by atoms with van der Waals surface area (Å²) in [6.45, 7) is 3.77. The van der Waals surface area contributed by atoms with Crippen molar-refractivity contribution in [2.45, 2.75) is 13.8 Å². The molecule has 0 heterocycles. The fourth-order valence-corrected chi connectivity index (χ4v) is 1.09. The van der Waals surface area contributed by atoms with Crippen molar-refractivity contribution in [1.82, 2.24) is 0 Å². The minimum absolute atomic E-state index is 0.807. The Kier molecular flexibility index (Phi) is 10.1. The van der Waals surface area contributed by atoms with Crippen LogP contribution in [0.25, 0.3) is 0 Å². The van der Waals surface area contributed by atoms with Gasteiger partial charge in [-0.2, -0.15) is 0 Å². The fraction of sp³-hybridized carbons (Fsp3) is 0.125. The third-order valence-corrected chi connectivity index (χ3v) is 2.15. The first kappa shape index (κ1) is 17.1. The van der Waals surface area contributed by atoms with Crippen LogP contribution in [-0.2, 0) is 0 Å². The maximum atomic E-state index is 7.27. The third-order valence-electron chi connectivity index (χ3n) is 2.00. The van der Waals surface area contributed by atoms with E-state index in [0.29, 0.717) is 0 Å². The first-order chi connectivity index (χ1) is 9.10. The Labute approximate surface area is 121 Å². The lowest BCUT2D eigenvalue weighted by atomic mass is 10.2. The zero-order chi connectivity index (χ0) is 14.5. The van der Waals surface area contributed by atoms with E-state index in [0.717, 1.165) is 16.1 Å². The van der Waals surface area contributed by atoms with Crippen molar-refractivity contribution in [3.63, 3.8) is 0 Å². The van der Waals surface area contributed by atoms with E-state index in [1.807, 2.05) is 68.5 Å². The highest BCUT2D eigenvalue weighted by atomic mass is 32.1. The van der Waals surface area contributed by atoms with Gasteiger partial charge >= 0.3 is 0 Å². The topological polar surface area (TPSA) is 47.7 Å². The van der Waals surface area contributed by atoms with E-state index in [-0.39, 0.29) is 0 Å². The lowest BCUT2D eigenvalue weighted by Crippen LogP contribution is -1.75. The summed E-state index contributed by atoms with van der Waals surface area (Å²) in [5, 5.41) is 14.3. The molecule has 0 rings (SSSR count). The molecule has 0 saturated heterocycles. The van der Waals surface area contributed by atoms with Gasteiger partial charge in [-0.25, -0.2) is 0 Å². The van der Waals surface area contributed by atoms with Crippen LogP contribution in [0, 0.1) is 10.8 Å². The minimum Gasteiger partial charge on any atom is -0.308 e. The molecule has 0 atom stereocenters. The second-order valence-electron chi connectivity index (χ2n) is 3.80. The Morgan fingerprint density at radius 1 is 0.789 bits per heavy atom. The molecule has 100 valence electrons. The van der Waals surface area contributed by atoms with Crippen molar-refractivity contribution < 1.29 is 0 Å². The van der Waals surface area contributed by atoms with Crippen LogP contribution >= 0.6 is 12.6 Å². The van der Waals surface area contributed by atoms with Crippen LogP contribution in [0.1, 0.15) is 13.8 Å². The van der Waals surface area contributed by atoms with Gasteiger partial charge in [0.2, 0.25) is 0 Å². The number of thiol groups is 1. The van der Waals surface area contributed by atoms with Gasteiger partial charge in [0.25, 0.3) is 0 Å². The highest BCUT2D eigenvalue weighted by Crippen LogP contribution is 2.00. The van der Waals surface area contributed by atoms with Crippen molar-refractivity contribution in [3.8, 4) is 0 Å². The molecule has 3 heteroatoms. The van der Waals surface area contributed by atoms with Gasteiger partial charge in [0, 0.05) is 12.4 Å². The summed E-state index contributed by atoms with van der Waals surface area (Å²) < 4.78 is 0. The van der Waals surface area contributed by atoms with Gasteiger partial charge in [-0.1, -0.05) is 54.7 Å². The SMILES string of the molecule is C/C(S)=C/C=C/C(C=N)=C/C=C/C=C/C=C(/C)C=N. The Hall–Kier alpha value is -1.87. The van der Waals surface area contributed by atoms with Crippen molar-refractivity contribution in [2.24, 2.45) is 0 Å². The van der Waals surface area contributed by atoms with Crippen LogP contribution in [-0.4, -0.2) is 12.4 Å². The lowest BCUT2D eigenvalue weighted by molar-refractivity contribution is 1.50. The van der Waals surface area contributed by atoms with Gasteiger partial charge < -0.3 is 10.8 Å². The first-order valence-electron chi connectivity index (χ1n) is 5.87. The molecular formula is C16H20N2S. The number of nitrogens with one attached hydrogen (secondary N) is 2. The van der Waals surface area contributed by atoms with Gasteiger partial charge in [-0.15, -0.1) is 12.6 Å². The van der Waals surface area contributed by atoms with E-state index >= 15 is 0 Å². The van der Waals surface area contributed by atoms with Crippen molar-refractivity contribution in [1.29, 1.82) is 10.8 Å². The van der Waals surface area contributed by atoms with Gasteiger partial charge in [0.1, 0.15) is 0 Å². The van der Waals surface area contributed by atoms with Crippen LogP contribution in [0.4, 0.5) is 0 Å². The summed E-state index contributed by atoms with van der Waals surface area (Å²) in [6, 6.07) is 0. The van der Waals surface area contributed by atoms with Gasteiger partial charge in [-0.05, 0) is 29.9 Å². The monoisotopic (exact) mass is 272 g/mol. The number of allylic oxidation sites excluding steroid dienone is 12. The molecule has 0 radical (unpaired) electrons. The zero-order valence-corrected chi connectivity index (χ0v) is 12.2. The second kappa shape index (κ2) is 11.2. The Bertz CT molecular complexity index is 471. The van der Waals surface area contributed by atoms with Crippen LogP contribution in [0.15, 0.2) is 70.7 Å². The van der Waals surface area contributed by atoms with Gasteiger partial charge in [-0.3, -0.25) is 0 Å². The quantitative estimate of drug-likeness (QED) is 0.343. The predicted molar refractivity (Wildman–Crippen MR) is 89.6 cm³/mol. The summed E-state index contributed by atoms with van der Waals surface area (Å²) in [5.74, 6) is 0. The highest BCUT2D eigenvalue weighted by molar-refractivity contribution is 7.84. The molecule has 0 spiro atoms. The van der Waals surface area contributed by atoms with Crippen LogP contribution < -0.4 is 0 Å². The number of rotatable bonds is 7. The summed E-state index contributed by atoms with van der Waals surface area (Å²) in [4.78, 5) is 0.924. The van der Waals surface area contributed by atoms with Crippen LogP contribution in [0.2, 0.25) is 0 Å². The average molecular weight is 272 g/mol. The van der Waals surface area contributed by atoms with Gasteiger partial charge in [0.05, 0.1) is 0 Å². The van der Waals surface area contributed by atoms with Crippen LogP contribution in [0.3, 0.4) is 0 Å². The second-order valence-corrected chi connectivity index (χ2v) is 4.51. The van der Waals surface area contributed by atoms with Crippen molar-refractivity contribution >= 4 is 25.1 Å². The molecule has 2 N–H and O–H groups in total. The Morgan fingerprint density at radius 2 is 1.42 bits per heavy atom. The molecule has 0 aromatic heterocycles. The van der Waals surface area contributed by atoms with Gasteiger partial charge in [0.15, 0.2) is 0 Å². The largest absolute Gasteiger partial charge is 0.308 e. The molecule has 0 fully saturated rings. The molecule has 2 nitrogen and oxygen atoms in total. The molecule has 0 aliphatic heterocycles. The normalized spacial score (nSPS) is 14.8. The standard InChI is InChI=1S/C16H20N2S/c1-14(12-17)8-5-3-4-6-10-16(13-18)11-7-9-15(2)19/h3-13,17-19H,1-2H3/b5-3+,6-4+,11-7+,14-8-,15-9-,16-10-,17-12?,18-13?. The molecule has 0 saturated carbocycles. The first-order valence-corrected chi connectivity index (χ1v) is 6.31. The van der Waals surface area contributed by atoms with E-state index < -0.39 is 0 Å². The molecule has 0 amide bonds. The molecule has 0 aromatic carbocycles. The summed E-state index contributed by atoms with van der Waals surface area (Å²) in [7, 11) is 0. The Morgan fingerprint density at radius 3 is 1.95 bits per heavy atom. The van der Waals surface area contributed by atoms with E-state index in [2.05, 4.69) is 12.6 Å². The highest BCUT2D eigenvalue weighted by Gasteiger charge is 1.81. The minimum atomic E-state index is 0.807. The molecule has 0 bridgehead atoms. The zero-order valence-electron chi connectivity index (χ0n) is 11.3. The van der Waals surface area contributed by atoms with E-state index in [9.17, 15) is 0 Å². The Balaban J connectivity index is 4.50. The lowest BCUT2D eigenvalue weighted by Gasteiger charge is -1.88. The molecule has 0 aliphatic rings. The smallest absolute Gasteiger partial charge is 0.0250 e. The fourth-order valence-electron chi connectivity index (χ4n) is 1.00. The molecule has 0 aromatic rings. The maximum Gasteiger partial charge on any atom is 0.0250 e.